The second-order valence-electron chi connectivity index (χ2n) is 4.19. The van der Waals surface area contributed by atoms with Crippen LogP contribution in [0.4, 0.5) is 5.13 Å². The van der Waals surface area contributed by atoms with Crippen LogP contribution in [0.2, 0.25) is 0 Å². The summed E-state index contributed by atoms with van der Waals surface area (Å²) in [4.78, 5) is 6.02. The van der Waals surface area contributed by atoms with Crippen molar-refractivity contribution in [2.75, 3.05) is 25.6 Å². The van der Waals surface area contributed by atoms with Gasteiger partial charge in [-0.3, -0.25) is 0 Å². The summed E-state index contributed by atoms with van der Waals surface area (Å²) in [7, 11) is 1.71. The molecule has 3 rings (SSSR count). The summed E-state index contributed by atoms with van der Waals surface area (Å²) < 4.78 is 6.15. The van der Waals surface area contributed by atoms with Gasteiger partial charge in [0.15, 0.2) is 5.13 Å². The van der Waals surface area contributed by atoms with E-state index in [2.05, 4.69) is 44.4 Å². The van der Waals surface area contributed by atoms with Crippen LogP contribution >= 0.6 is 27.3 Å². The zero-order valence-corrected chi connectivity index (χ0v) is 12.4. The van der Waals surface area contributed by atoms with E-state index in [0.29, 0.717) is 6.61 Å². The van der Waals surface area contributed by atoms with Crippen LogP contribution in [0.3, 0.4) is 0 Å². The molecule has 0 unspecified atom stereocenters. The van der Waals surface area contributed by atoms with Crippen molar-refractivity contribution in [2.24, 2.45) is 0 Å². The number of ether oxygens (including phenoxy) is 1. The standard InChI is InChI=1S/C13H13BrN2OS/c1-17-5-4-15-13-16-12-10-3-2-9(14)6-8(10)7-11(12)18-13/h2-3,6H,4-5,7H2,1H3,(H,15,16). The van der Waals surface area contributed by atoms with Gasteiger partial charge in [-0.2, -0.15) is 0 Å². The molecule has 3 nitrogen and oxygen atoms in total. The van der Waals surface area contributed by atoms with Gasteiger partial charge in [-0.1, -0.05) is 22.0 Å². The van der Waals surface area contributed by atoms with Gasteiger partial charge in [-0.25, -0.2) is 4.98 Å². The third-order valence-corrected chi connectivity index (χ3v) is 4.46. The zero-order valence-electron chi connectivity index (χ0n) is 10.00. The highest BCUT2D eigenvalue weighted by atomic mass is 79.9. The molecule has 2 aromatic rings. The minimum Gasteiger partial charge on any atom is -0.383 e. The van der Waals surface area contributed by atoms with Crippen molar-refractivity contribution in [2.45, 2.75) is 6.42 Å². The quantitative estimate of drug-likeness (QED) is 0.745. The topological polar surface area (TPSA) is 34.1 Å². The number of anilines is 1. The molecule has 1 aliphatic carbocycles. The molecule has 0 radical (unpaired) electrons. The first-order chi connectivity index (χ1) is 8.78. The van der Waals surface area contributed by atoms with E-state index >= 15 is 0 Å². The minimum absolute atomic E-state index is 0.702. The summed E-state index contributed by atoms with van der Waals surface area (Å²) >= 11 is 5.25. The Labute approximate surface area is 118 Å². The van der Waals surface area contributed by atoms with Gasteiger partial charge in [0.2, 0.25) is 0 Å². The van der Waals surface area contributed by atoms with Gasteiger partial charge in [0.25, 0.3) is 0 Å². The Hall–Kier alpha value is -0.910. The SMILES string of the molecule is COCCNc1nc2c(s1)Cc1cc(Br)ccc1-2. The van der Waals surface area contributed by atoms with E-state index in [9.17, 15) is 0 Å². The fourth-order valence-corrected chi connectivity index (χ4v) is 3.56. The first-order valence-corrected chi connectivity index (χ1v) is 7.40. The Bertz CT molecular complexity index is 582. The van der Waals surface area contributed by atoms with Gasteiger partial charge in [0.1, 0.15) is 0 Å². The van der Waals surface area contributed by atoms with Crippen molar-refractivity contribution in [1.29, 1.82) is 0 Å². The number of nitrogens with one attached hydrogen (secondary N) is 1. The molecule has 0 spiro atoms. The third-order valence-electron chi connectivity index (χ3n) is 2.95. The summed E-state index contributed by atoms with van der Waals surface area (Å²) in [6, 6.07) is 6.40. The largest absolute Gasteiger partial charge is 0.383 e. The van der Waals surface area contributed by atoms with E-state index in [1.165, 1.54) is 16.0 Å². The molecule has 1 aromatic carbocycles. The molecule has 0 saturated carbocycles. The zero-order chi connectivity index (χ0) is 12.5. The lowest BCUT2D eigenvalue weighted by Crippen LogP contribution is -2.07. The van der Waals surface area contributed by atoms with E-state index in [-0.39, 0.29) is 0 Å². The highest BCUT2D eigenvalue weighted by Gasteiger charge is 2.23. The number of fused-ring (bicyclic) bond motifs is 3. The molecule has 0 bridgehead atoms. The molecule has 1 N–H and O–H groups in total. The molecular formula is C13H13BrN2OS. The normalized spacial score (nSPS) is 12.3. The van der Waals surface area contributed by atoms with Crippen molar-refractivity contribution in [1.82, 2.24) is 4.98 Å². The third kappa shape index (κ3) is 2.18. The Morgan fingerprint density at radius 2 is 2.39 bits per heavy atom. The highest BCUT2D eigenvalue weighted by molar-refractivity contribution is 9.10. The number of methoxy groups -OCH3 is 1. The molecule has 1 aliphatic rings. The number of hydrogen-bond donors (Lipinski definition) is 1. The lowest BCUT2D eigenvalue weighted by atomic mass is 10.1. The Morgan fingerprint density at radius 1 is 1.50 bits per heavy atom. The van der Waals surface area contributed by atoms with Crippen LogP contribution in [0.15, 0.2) is 22.7 Å². The van der Waals surface area contributed by atoms with Gasteiger partial charge in [-0.05, 0) is 17.7 Å². The smallest absolute Gasteiger partial charge is 0.183 e. The molecule has 0 aliphatic heterocycles. The average molecular weight is 325 g/mol. The maximum absolute atomic E-state index is 5.02. The number of halogens is 1. The fraction of sp³-hybridized carbons (Fsp3) is 0.308. The molecule has 94 valence electrons. The average Bonchev–Trinajstić information content (AvgIpc) is 2.85. The van der Waals surface area contributed by atoms with Crippen molar-refractivity contribution in [3.8, 4) is 11.3 Å². The molecule has 18 heavy (non-hydrogen) atoms. The predicted molar refractivity (Wildman–Crippen MR) is 78.4 cm³/mol. The Kier molecular flexibility index (Phi) is 3.37. The van der Waals surface area contributed by atoms with Gasteiger partial charge in [0, 0.05) is 35.0 Å². The summed E-state index contributed by atoms with van der Waals surface area (Å²) in [6.45, 7) is 1.50. The first-order valence-electron chi connectivity index (χ1n) is 5.79. The second kappa shape index (κ2) is 4.99. The van der Waals surface area contributed by atoms with E-state index in [4.69, 9.17) is 4.74 Å². The van der Waals surface area contributed by atoms with Crippen LogP contribution < -0.4 is 5.32 Å². The van der Waals surface area contributed by atoms with Gasteiger partial charge in [-0.15, -0.1) is 11.3 Å². The summed E-state index contributed by atoms with van der Waals surface area (Å²) in [5.41, 5.74) is 3.77. The Morgan fingerprint density at radius 3 is 3.22 bits per heavy atom. The fourth-order valence-electron chi connectivity index (χ4n) is 2.13. The molecule has 1 aromatic heterocycles. The number of rotatable bonds is 4. The molecule has 0 amide bonds. The maximum atomic E-state index is 5.02. The summed E-state index contributed by atoms with van der Waals surface area (Å²) in [6.07, 6.45) is 0.994. The van der Waals surface area contributed by atoms with Crippen LogP contribution in [0, 0.1) is 0 Å². The van der Waals surface area contributed by atoms with E-state index in [1.54, 1.807) is 18.4 Å². The number of thiazole rings is 1. The molecule has 0 fully saturated rings. The molecular weight excluding hydrogens is 312 g/mol. The predicted octanol–water partition coefficient (Wildman–Crippen LogP) is 3.54. The van der Waals surface area contributed by atoms with Crippen molar-refractivity contribution < 1.29 is 4.74 Å². The van der Waals surface area contributed by atoms with Gasteiger partial charge >= 0.3 is 0 Å². The monoisotopic (exact) mass is 324 g/mol. The second-order valence-corrected chi connectivity index (χ2v) is 6.19. The molecule has 0 atom stereocenters. The van der Waals surface area contributed by atoms with Crippen LogP contribution in [-0.2, 0) is 11.2 Å². The van der Waals surface area contributed by atoms with Crippen LogP contribution in [0.5, 0.6) is 0 Å². The van der Waals surface area contributed by atoms with Crippen molar-refractivity contribution in [3.63, 3.8) is 0 Å². The van der Waals surface area contributed by atoms with Crippen molar-refractivity contribution in [3.05, 3.63) is 33.1 Å². The van der Waals surface area contributed by atoms with Crippen molar-refractivity contribution >= 4 is 32.4 Å². The maximum Gasteiger partial charge on any atom is 0.183 e. The number of nitrogens with zero attached hydrogens (tertiary/aromatic N) is 1. The number of benzene rings is 1. The van der Waals surface area contributed by atoms with E-state index in [1.807, 2.05) is 0 Å². The van der Waals surface area contributed by atoms with Crippen LogP contribution in [0.25, 0.3) is 11.3 Å². The lowest BCUT2D eigenvalue weighted by Gasteiger charge is -2.02. The van der Waals surface area contributed by atoms with Crippen LogP contribution in [0.1, 0.15) is 10.4 Å². The highest BCUT2D eigenvalue weighted by Crippen LogP contribution is 2.41. The number of aromatic nitrogens is 1. The van der Waals surface area contributed by atoms with Gasteiger partial charge < -0.3 is 10.1 Å². The van der Waals surface area contributed by atoms with Gasteiger partial charge in [0.05, 0.1) is 12.3 Å². The Balaban J connectivity index is 1.84. The van der Waals surface area contributed by atoms with Crippen LogP contribution in [-0.4, -0.2) is 25.2 Å². The summed E-state index contributed by atoms with van der Waals surface area (Å²) in [5.74, 6) is 0. The molecule has 1 heterocycles. The first kappa shape index (κ1) is 12.1. The van der Waals surface area contributed by atoms with E-state index < -0.39 is 0 Å². The summed E-state index contributed by atoms with van der Waals surface area (Å²) in [5, 5.41) is 4.28. The lowest BCUT2D eigenvalue weighted by molar-refractivity contribution is 0.211. The minimum atomic E-state index is 0.702. The number of hydrogen-bond acceptors (Lipinski definition) is 4. The molecule has 0 saturated heterocycles. The molecule has 5 heteroatoms. The van der Waals surface area contributed by atoms with E-state index in [0.717, 1.165) is 28.3 Å².